The maximum absolute atomic E-state index is 11.6. The average Bonchev–Trinajstić information content (AvgIpc) is 3.07. The van der Waals surface area contributed by atoms with E-state index in [0.29, 0.717) is 16.6 Å². The fourth-order valence-corrected chi connectivity index (χ4v) is 2.16. The van der Waals surface area contributed by atoms with Gasteiger partial charge in [0.25, 0.3) is 5.91 Å². The number of rotatable bonds is 4. The Kier molecular flexibility index (Phi) is 3.33. The highest BCUT2D eigenvalue weighted by atomic mass is 32.1. The van der Waals surface area contributed by atoms with Gasteiger partial charge in [-0.1, -0.05) is 0 Å². The molecule has 0 unspecified atom stereocenters. The lowest BCUT2D eigenvalue weighted by atomic mass is 10.4. The Morgan fingerprint density at radius 3 is 2.82 bits per heavy atom. The van der Waals surface area contributed by atoms with Gasteiger partial charge >= 0.3 is 5.97 Å². The first-order chi connectivity index (χ1) is 8.09. The standard InChI is InChI=1S/C11H14N2O3S/c1-13(7-2-3-7)9(14)6-16-11(15)10-8(12)4-5-17-10/h4-5,7H,2-3,6,12H2,1H3. The summed E-state index contributed by atoms with van der Waals surface area (Å²) in [6, 6.07) is 1.97. The number of carbonyl (C=O) groups is 2. The molecule has 0 spiro atoms. The number of nitrogen functional groups attached to an aromatic ring is 1. The molecule has 1 amide bonds. The van der Waals surface area contributed by atoms with Gasteiger partial charge in [0.15, 0.2) is 6.61 Å². The van der Waals surface area contributed by atoms with Crippen LogP contribution in [0.5, 0.6) is 0 Å². The Hall–Kier alpha value is -1.56. The molecular weight excluding hydrogens is 240 g/mol. The lowest BCUT2D eigenvalue weighted by Gasteiger charge is -2.15. The quantitative estimate of drug-likeness (QED) is 0.817. The van der Waals surface area contributed by atoms with E-state index in [1.807, 2.05) is 0 Å². The van der Waals surface area contributed by atoms with Gasteiger partial charge in [-0.15, -0.1) is 11.3 Å². The summed E-state index contributed by atoms with van der Waals surface area (Å²) < 4.78 is 4.93. The number of likely N-dealkylation sites (N-methyl/N-ethyl adjacent to an activating group) is 1. The third kappa shape index (κ3) is 2.76. The van der Waals surface area contributed by atoms with Gasteiger partial charge in [-0.2, -0.15) is 0 Å². The summed E-state index contributed by atoms with van der Waals surface area (Å²) in [5, 5.41) is 1.71. The van der Waals surface area contributed by atoms with Gasteiger partial charge in [-0.25, -0.2) is 4.79 Å². The van der Waals surface area contributed by atoms with Crippen LogP contribution < -0.4 is 5.73 Å². The fourth-order valence-electron chi connectivity index (χ4n) is 1.45. The molecule has 0 radical (unpaired) electrons. The first-order valence-corrected chi connectivity index (χ1v) is 6.23. The summed E-state index contributed by atoms with van der Waals surface area (Å²) in [6.07, 6.45) is 2.07. The van der Waals surface area contributed by atoms with Crippen molar-refractivity contribution >= 4 is 28.9 Å². The number of hydrogen-bond acceptors (Lipinski definition) is 5. The molecule has 1 fully saturated rings. The van der Waals surface area contributed by atoms with Crippen LogP contribution in [0.1, 0.15) is 22.5 Å². The molecule has 0 atom stereocenters. The fraction of sp³-hybridized carbons (Fsp3) is 0.455. The minimum atomic E-state index is -0.532. The van der Waals surface area contributed by atoms with E-state index in [2.05, 4.69) is 0 Å². The molecule has 92 valence electrons. The summed E-state index contributed by atoms with van der Waals surface area (Å²) in [6.45, 7) is -0.219. The predicted molar refractivity (Wildman–Crippen MR) is 64.8 cm³/mol. The van der Waals surface area contributed by atoms with E-state index >= 15 is 0 Å². The third-order valence-corrected chi connectivity index (χ3v) is 3.61. The molecule has 1 heterocycles. The SMILES string of the molecule is CN(C(=O)COC(=O)c1sccc1N)C1CC1. The molecule has 0 saturated heterocycles. The number of carbonyl (C=O) groups excluding carboxylic acids is 2. The Labute approximate surface area is 103 Å². The van der Waals surface area contributed by atoms with E-state index in [1.54, 1.807) is 23.4 Å². The van der Waals surface area contributed by atoms with Crippen LogP contribution in [0, 0.1) is 0 Å². The van der Waals surface area contributed by atoms with Crippen LogP contribution in [0.2, 0.25) is 0 Å². The summed E-state index contributed by atoms with van der Waals surface area (Å²) in [5.74, 6) is -0.703. The number of nitrogens with zero attached hydrogens (tertiary/aromatic N) is 1. The van der Waals surface area contributed by atoms with Crippen LogP contribution >= 0.6 is 11.3 Å². The van der Waals surface area contributed by atoms with Crippen molar-refractivity contribution in [3.05, 3.63) is 16.3 Å². The van der Waals surface area contributed by atoms with Crippen molar-refractivity contribution in [1.82, 2.24) is 4.90 Å². The number of esters is 1. The number of thiophene rings is 1. The van der Waals surface area contributed by atoms with Gasteiger partial charge in [0.1, 0.15) is 4.88 Å². The normalized spacial score (nSPS) is 14.4. The van der Waals surface area contributed by atoms with E-state index < -0.39 is 5.97 Å². The zero-order valence-electron chi connectivity index (χ0n) is 9.51. The monoisotopic (exact) mass is 254 g/mol. The van der Waals surface area contributed by atoms with Crippen molar-refractivity contribution in [1.29, 1.82) is 0 Å². The largest absolute Gasteiger partial charge is 0.451 e. The van der Waals surface area contributed by atoms with E-state index in [9.17, 15) is 9.59 Å². The summed E-state index contributed by atoms with van der Waals surface area (Å²) >= 11 is 1.21. The highest BCUT2D eigenvalue weighted by Gasteiger charge is 2.30. The van der Waals surface area contributed by atoms with Crippen LogP contribution in [0.4, 0.5) is 5.69 Å². The number of anilines is 1. The Morgan fingerprint density at radius 2 is 2.29 bits per heavy atom. The third-order valence-electron chi connectivity index (χ3n) is 2.70. The van der Waals surface area contributed by atoms with Crippen LogP contribution in [0.3, 0.4) is 0 Å². The first-order valence-electron chi connectivity index (χ1n) is 5.35. The molecule has 1 aromatic rings. The van der Waals surface area contributed by atoms with Crippen LogP contribution in [0.25, 0.3) is 0 Å². The molecule has 0 bridgehead atoms. The highest BCUT2D eigenvalue weighted by molar-refractivity contribution is 7.12. The van der Waals surface area contributed by atoms with E-state index in [0.717, 1.165) is 12.8 Å². The van der Waals surface area contributed by atoms with Crippen LogP contribution in [-0.4, -0.2) is 36.5 Å². The molecule has 1 saturated carbocycles. The molecular formula is C11H14N2O3S. The molecule has 0 aliphatic heterocycles. The van der Waals surface area contributed by atoms with E-state index in [-0.39, 0.29) is 12.5 Å². The predicted octanol–water partition coefficient (Wildman–Crippen LogP) is 1.11. The van der Waals surface area contributed by atoms with Crippen molar-refractivity contribution in [2.24, 2.45) is 0 Å². The second kappa shape index (κ2) is 4.75. The number of amides is 1. The van der Waals surface area contributed by atoms with Gasteiger partial charge < -0.3 is 15.4 Å². The number of ether oxygens (including phenoxy) is 1. The van der Waals surface area contributed by atoms with E-state index in [4.69, 9.17) is 10.5 Å². The van der Waals surface area contributed by atoms with E-state index in [1.165, 1.54) is 11.3 Å². The molecule has 5 nitrogen and oxygen atoms in total. The minimum absolute atomic E-state index is 0.170. The average molecular weight is 254 g/mol. The smallest absolute Gasteiger partial charge is 0.350 e. The first kappa shape index (κ1) is 11.9. The maximum atomic E-state index is 11.6. The maximum Gasteiger partial charge on any atom is 0.350 e. The molecule has 0 aromatic carbocycles. The Balaban J connectivity index is 1.84. The molecule has 6 heteroatoms. The Morgan fingerprint density at radius 1 is 1.59 bits per heavy atom. The molecule has 1 aliphatic carbocycles. The van der Waals surface area contributed by atoms with Gasteiger partial charge in [-0.3, -0.25) is 4.79 Å². The second-order valence-electron chi connectivity index (χ2n) is 4.02. The zero-order chi connectivity index (χ0) is 12.4. The molecule has 17 heavy (non-hydrogen) atoms. The zero-order valence-corrected chi connectivity index (χ0v) is 10.3. The van der Waals surface area contributed by atoms with Gasteiger partial charge in [0.2, 0.25) is 0 Å². The molecule has 2 N–H and O–H groups in total. The molecule has 1 aliphatic rings. The lowest BCUT2D eigenvalue weighted by Crippen LogP contribution is -2.32. The second-order valence-corrected chi connectivity index (χ2v) is 4.93. The minimum Gasteiger partial charge on any atom is -0.451 e. The summed E-state index contributed by atoms with van der Waals surface area (Å²) in [4.78, 5) is 25.2. The van der Waals surface area contributed by atoms with Gasteiger partial charge in [0, 0.05) is 13.1 Å². The highest BCUT2D eigenvalue weighted by Crippen LogP contribution is 2.25. The lowest BCUT2D eigenvalue weighted by molar-refractivity contribution is -0.133. The van der Waals surface area contributed by atoms with Crippen molar-refractivity contribution in [2.45, 2.75) is 18.9 Å². The van der Waals surface area contributed by atoms with Crippen molar-refractivity contribution in [2.75, 3.05) is 19.4 Å². The van der Waals surface area contributed by atoms with Crippen molar-refractivity contribution < 1.29 is 14.3 Å². The van der Waals surface area contributed by atoms with Crippen LogP contribution in [-0.2, 0) is 9.53 Å². The summed E-state index contributed by atoms with van der Waals surface area (Å²) in [5.41, 5.74) is 5.97. The van der Waals surface area contributed by atoms with Crippen molar-refractivity contribution in [3.63, 3.8) is 0 Å². The number of nitrogens with two attached hydrogens (primary N) is 1. The summed E-state index contributed by atoms with van der Waals surface area (Å²) in [7, 11) is 1.73. The van der Waals surface area contributed by atoms with Crippen LogP contribution in [0.15, 0.2) is 11.4 Å². The van der Waals surface area contributed by atoms with Crippen molar-refractivity contribution in [3.8, 4) is 0 Å². The molecule has 1 aromatic heterocycles. The van der Waals surface area contributed by atoms with Gasteiger partial charge in [-0.05, 0) is 24.3 Å². The Bertz CT molecular complexity index is 440. The number of hydrogen-bond donors (Lipinski definition) is 1. The topological polar surface area (TPSA) is 72.6 Å². The van der Waals surface area contributed by atoms with Gasteiger partial charge in [0.05, 0.1) is 5.69 Å². The molecule has 2 rings (SSSR count).